The van der Waals surface area contributed by atoms with E-state index in [1.54, 1.807) is 28.6 Å². The van der Waals surface area contributed by atoms with Gasteiger partial charge in [-0.05, 0) is 13.8 Å². The van der Waals surface area contributed by atoms with Gasteiger partial charge in [0, 0.05) is 23.8 Å². The number of nitrogens with two attached hydrogens (primary N) is 1. The molecule has 1 aliphatic rings. The van der Waals surface area contributed by atoms with Gasteiger partial charge in [0.2, 0.25) is 5.91 Å². The highest BCUT2D eigenvalue weighted by Crippen LogP contribution is 2.25. The molecule has 7 nitrogen and oxygen atoms in total. The number of amides is 1. The van der Waals surface area contributed by atoms with E-state index in [1.807, 2.05) is 13.8 Å². The Labute approximate surface area is 138 Å². The Morgan fingerprint density at radius 1 is 1.43 bits per heavy atom. The Balaban J connectivity index is 1.70. The first kappa shape index (κ1) is 15.8. The Hall–Kier alpha value is -2.06. The number of hydrogen-bond acceptors (Lipinski definition) is 7. The van der Waals surface area contributed by atoms with Crippen LogP contribution in [0.5, 0.6) is 0 Å². The van der Waals surface area contributed by atoms with Crippen LogP contribution in [0.1, 0.15) is 27.4 Å². The highest BCUT2D eigenvalue weighted by molar-refractivity contribution is 7.11. The van der Waals surface area contributed by atoms with Crippen LogP contribution in [0, 0.1) is 13.8 Å². The Bertz CT molecular complexity index is 718. The monoisotopic (exact) mass is 333 g/mol. The summed E-state index contributed by atoms with van der Waals surface area (Å²) in [6.45, 7) is 5.37. The number of morpholine rings is 1. The number of carbonyl (C=O) groups excluding carboxylic acids is 1. The minimum absolute atomic E-state index is 0.0764. The quantitative estimate of drug-likeness (QED) is 0.909. The maximum Gasteiger partial charge on any atom is 0.228 e. The summed E-state index contributed by atoms with van der Waals surface area (Å²) in [4.78, 5) is 28.0. The summed E-state index contributed by atoms with van der Waals surface area (Å²) < 4.78 is 5.72. The van der Waals surface area contributed by atoms with Crippen LogP contribution in [-0.2, 0) is 16.0 Å². The maximum absolute atomic E-state index is 12.6. The topological polar surface area (TPSA) is 94.2 Å². The van der Waals surface area contributed by atoms with Crippen LogP contribution in [0.3, 0.4) is 0 Å². The van der Waals surface area contributed by atoms with Crippen LogP contribution >= 0.6 is 11.3 Å². The van der Waals surface area contributed by atoms with E-state index in [4.69, 9.17) is 10.5 Å². The fourth-order valence-corrected chi connectivity index (χ4v) is 3.56. The summed E-state index contributed by atoms with van der Waals surface area (Å²) >= 11 is 1.57. The van der Waals surface area contributed by atoms with Crippen molar-refractivity contribution in [2.24, 2.45) is 0 Å². The fourth-order valence-electron chi connectivity index (χ4n) is 2.64. The summed E-state index contributed by atoms with van der Waals surface area (Å²) in [5.41, 5.74) is 7.38. The van der Waals surface area contributed by atoms with Crippen molar-refractivity contribution >= 4 is 23.1 Å². The molecule has 1 atom stereocenters. The molecule has 8 heteroatoms. The number of hydrogen-bond donors (Lipinski definition) is 1. The minimum atomic E-state index is -0.328. The molecule has 1 aliphatic heterocycles. The van der Waals surface area contributed by atoms with Crippen molar-refractivity contribution in [3.05, 3.63) is 33.7 Å². The highest BCUT2D eigenvalue weighted by Gasteiger charge is 2.28. The molecule has 1 saturated heterocycles. The van der Waals surface area contributed by atoms with E-state index in [0.717, 1.165) is 15.6 Å². The summed E-state index contributed by atoms with van der Waals surface area (Å²) in [5.74, 6) is 0.424. The van der Waals surface area contributed by atoms with Crippen LogP contribution in [0.25, 0.3) is 0 Å². The van der Waals surface area contributed by atoms with Crippen molar-refractivity contribution in [1.82, 2.24) is 19.9 Å². The molecular weight excluding hydrogens is 314 g/mol. The fraction of sp³-hybridized carbons (Fsp3) is 0.467. The molecule has 0 spiro atoms. The van der Waals surface area contributed by atoms with Crippen molar-refractivity contribution in [2.45, 2.75) is 26.4 Å². The molecule has 0 aliphatic carbocycles. The Morgan fingerprint density at radius 3 is 2.91 bits per heavy atom. The van der Waals surface area contributed by atoms with Crippen LogP contribution in [-0.4, -0.2) is 45.5 Å². The van der Waals surface area contributed by atoms with Crippen molar-refractivity contribution in [1.29, 1.82) is 0 Å². The zero-order valence-electron chi connectivity index (χ0n) is 13.2. The predicted molar refractivity (Wildman–Crippen MR) is 87.0 cm³/mol. The molecule has 1 unspecified atom stereocenters. The van der Waals surface area contributed by atoms with Gasteiger partial charge in [0.05, 0.1) is 30.3 Å². The number of aryl methyl sites for hydroxylation is 2. The summed E-state index contributed by atoms with van der Waals surface area (Å²) in [7, 11) is 0. The van der Waals surface area contributed by atoms with Crippen LogP contribution in [0.4, 0.5) is 5.82 Å². The zero-order chi connectivity index (χ0) is 16.4. The first-order chi connectivity index (χ1) is 11.0. The first-order valence-electron chi connectivity index (χ1n) is 7.43. The number of carbonyl (C=O) groups is 1. The van der Waals surface area contributed by atoms with Gasteiger partial charge in [-0.15, -0.1) is 11.3 Å². The van der Waals surface area contributed by atoms with Crippen molar-refractivity contribution in [3.8, 4) is 0 Å². The number of anilines is 1. The number of nitrogen functional groups attached to an aromatic ring is 1. The van der Waals surface area contributed by atoms with E-state index in [9.17, 15) is 4.79 Å². The normalized spacial score (nSPS) is 18.2. The third-order valence-electron chi connectivity index (χ3n) is 3.79. The van der Waals surface area contributed by atoms with E-state index in [2.05, 4.69) is 15.0 Å². The van der Waals surface area contributed by atoms with E-state index in [-0.39, 0.29) is 12.0 Å². The molecule has 1 fully saturated rings. The SMILES string of the molecule is Cc1nc(C)c(CC(=O)N2CCOC(c3nccnc3N)C2)s1. The van der Waals surface area contributed by atoms with E-state index in [1.165, 1.54) is 0 Å². The number of nitrogens with zero attached hydrogens (tertiary/aromatic N) is 4. The predicted octanol–water partition coefficient (Wildman–Crippen LogP) is 1.27. The van der Waals surface area contributed by atoms with Crippen LogP contribution in [0.15, 0.2) is 12.4 Å². The third kappa shape index (κ3) is 3.48. The molecule has 1 amide bonds. The number of aromatic nitrogens is 3. The lowest BCUT2D eigenvalue weighted by atomic mass is 10.1. The van der Waals surface area contributed by atoms with E-state index >= 15 is 0 Å². The van der Waals surface area contributed by atoms with Crippen molar-refractivity contribution in [3.63, 3.8) is 0 Å². The number of thiazole rings is 1. The molecule has 2 aromatic heterocycles. The van der Waals surface area contributed by atoms with E-state index in [0.29, 0.717) is 37.6 Å². The molecule has 2 N–H and O–H groups in total. The van der Waals surface area contributed by atoms with Gasteiger partial charge in [0.15, 0.2) is 0 Å². The average molecular weight is 333 g/mol. The molecule has 0 bridgehead atoms. The third-order valence-corrected chi connectivity index (χ3v) is 4.86. The average Bonchev–Trinajstić information content (AvgIpc) is 2.85. The van der Waals surface area contributed by atoms with Crippen LogP contribution < -0.4 is 5.73 Å². The molecule has 23 heavy (non-hydrogen) atoms. The summed E-state index contributed by atoms with van der Waals surface area (Å²) in [6, 6.07) is 0. The Morgan fingerprint density at radius 2 is 2.22 bits per heavy atom. The first-order valence-corrected chi connectivity index (χ1v) is 8.25. The lowest BCUT2D eigenvalue weighted by Gasteiger charge is -2.32. The molecule has 0 aromatic carbocycles. The van der Waals surface area contributed by atoms with E-state index < -0.39 is 0 Å². The molecule has 2 aromatic rings. The second-order valence-corrected chi connectivity index (χ2v) is 6.73. The van der Waals surface area contributed by atoms with Gasteiger partial charge in [-0.1, -0.05) is 0 Å². The minimum Gasteiger partial charge on any atom is -0.382 e. The zero-order valence-corrected chi connectivity index (χ0v) is 14.0. The van der Waals surface area contributed by atoms with Gasteiger partial charge in [-0.2, -0.15) is 0 Å². The molecule has 3 rings (SSSR count). The second-order valence-electron chi connectivity index (χ2n) is 5.44. The highest BCUT2D eigenvalue weighted by atomic mass is 32.1. The van der Waals surface area contributed by atoms with Gasteiger partial charge in [-0.3, -0.25) is 9.78 Å². The standard InChI is InChI=1S/C15H19N5O2S/c1-9-12(23-10(2)19-9)7-13(21)20-5-6-22-11(8-20)14-15(16)18-4-3-17-14/h3-4,11H,5-8H2,1-2H3,(H2,16,18). The lowest BCUT2D eigenvalue weighted by Crippen LogP contribution is -2.43. The molecule has 3 heterocycles. The summed E-state index contributed by atoms with van der Waals surface area (Å²) in [5, 5.41) is 0.984. The molecule has 0 radical (unpaired) electrons. The number of ether oxygens (including phenoxy) is 1. The smallest absolute Gasteiger partial charge is 0.228 e. The Kier molecular flexibility index (Phi) is 4.53. The maximum atomic E-state index is 12.6. The van der Waals surface area contributed by atoms with Gasteiger partial charge >= 0.3 is 0 Å². The van der Waals surface area contributed by atoms with Crippen LogP contribution in [0.2, 0.25) is 0 Å². The van der Waals surface area contributed by atoms with Crippen molar-refractivity contribution < 1.29 is 9.53 Å². The van der Waals surface area contributed by atoms with Gasteiger partial charge < -0.3 is 15.4 Å². The summed E-state index contributed by atoms with van der Waals surface area (Å²) in [6.07, 6.45) is 3.17. The molecular formula is C15H19N5O2S. The second kappa shape index (κ2) is 6.59. The lowest BCUT2D eigenvalue weighted by molar-refractivity contribution is -0.138. The van der Waals surface area contributed by atoms with Gasteiger partial charge in [0.1, 0.15) is 17.6 Å². The van der Waals surface area contributed by atoms with Gasteiger partial charge in [-0.25, -0.2) is 9.97 Å². The molecule has 0 saturated carbocycles. The van der Waals surface area contributed by atoms with Crippen molar-refractivity contribution in [2.75, 3.05) is 25.4 Å². The molecule has 122 valence electrons. The van der Waals surface area contributed by atoms with Gasteiger partial charge in [0.25, 0.3) is 0 Å². The largest absolute Gasteiger partial charge is 0.382 e. The number of rotatable bonds is 3.